The topological polar surface area (TPSA) is 63.6 Å². The summed E-state index contributed by atoms with van der Waals surface area (Å²) in [5.74, 6) is -0.118. The SMILES string of the molecule is COc1ccc(C(=O)CC(=O)CO)cc1. The monoisotopic (exact) mass is 208 g/mol. The molecule has 1 aromatic rings. The number of aliphatic hydroxyl groups excluding tert-OH is 1. The highest BCUT2D eigenvalue weighted by molar-refractivity contribution is 6.08. The summed E-state index contributed by atoms with van der Waals surface area (Å²) in [7, 11) is 1.53. The van der Waals surface area contributed by atoms with E-state index in [4.69, 9.17) is 9.84 Å². The van der Waals surface area contributed by atoms with Crippen molar-refractivity contribution in [1.29, 1.82) is 0 Å². The highest BCUT2D eigenvalue weighted by Gasteiger charge is 2.10. The van der Waals surface area contributed by atoms with Crippen molar-refractivity contribution in [2.45, 2.75) is 6.42 Å². The molecule has 0 saturated carbocycles. The van der Waals surface area contributed by atoms with Gasteiger partial charge in [0.15, 0.2) is 11.6 Å². The molecule has 0 fully saturated rings. The van der Waals surface area contributed by atoms with E-state index in [0.717, 1.165) is 0 Å². The number of ether oxygens (including phenoxy) is 1. The van der Waals surface area contributed by atoms with Crippen LogP contribution in [0.3, 0.4) is 0 Å². The number of hydrogen-bond donors (Lipinski definition) is 1. The molecule has 0 aromatic heterocycles. The van der Waals surface area contributed by atoms with E-state index in [1.165, 1.54) is 7.11 Å². The van der Waals surface area contributed by atoms with Gasteiger partial charge in [0.25, 0.3) is 0 Å². The Morgan fingerprint density at radius 1 is 1.27 bits per heavy atom. The molecule has 0 atom stereocenters. The minimum absolute atomic E-state index is 0.261. The van der Waals surface area contributed by atoms with Crippen LogP contribution in [0.4, 0.5) is 0 Å². The van der Waals surface area contributed by atoms with E-state index in [-0.39, 0.29) is 12.2 Å². The van der Waals surface area contributed by atoms with Crippen LogP contribution >= 0.6 is 0 Å². The van der Waals surface area contributed by atoms with Crippen molar-refractivity contribution in [2.24, 2.45) is 0 Å². The van der Waals surface area contributed by atoms with E-state index in [1.807, 2.05) is 0 Å². The molecule has 4 nitrogen and oxygen atoms in total. The minimum atomic E-state index is -0.595. The molecule has 0 bridgehead atoms. The summed E-state index contributed by atoms with van der Waals surface area (Å²) in [5, 5.41) is 8.49. The Kier molecular flexibility index (Phi) is 4.00. The molecule has 15 heavy (non-hydrogen) atoms. The molecule has 0 unspecified atom stereocenters. The van der Waals surface area contributed by atoms with Crippen LogP contribution in [0.25, 0.3) is 0 Å². The highest BCUT2D eigenvalue weighted by atomic mass is 16.5. The molecule has 0 aliphatic carbocycles. The lowest BCUT2D eigenvalue weighted by Crippen LogP contribution is -2.11. The third-order valence-corrected chi connectivity index (χ3v) is 1.95. The zero-order chi connectivity index (χ0) is 11.3. The van der Waals surface area contributed by atoms with Crippen molar-refractivity contribution in [3.63, 3.8) is 0 Å². The Morgan fingerprint density at radius 2 is 1.87 bits per heavy atom. The number of Topliss-reactive ketones (excluding diaryl/α,β-unsaturated/α-hetero) is 2. The van der Waals surface area contributed by atoms with Crippen LogP contribution in [0, 0.1) is 0 Å². The fourth-order valence-corrected chi connectivity index (χ4v) is 1.11. The second-order valence-corrected chi connectivity index (χ2v) is 3.03. The lowest BCUT2D eigenvalue weighted by atomic mass is 10.1. The predicted molar refractivity (Wildman–Crippen MR) is 54.0 cm³/mol. The third kappa shape index (κ3) is 3.18. The average Bonchev–Trinajstić information content (AvgIpc) is 2.29. The normalized spacial score (nSPS) is 9.73. The number of carbonyl (C=O) groups excluding carboxylic acids is 2. The Bertz CT molecular complexity index is 353. The molecule has 0 aliphatic heterocycles. The van der Waals surface area contributed by atoms with E-state index in [9.17, 15) is 9.59 Å². The lowest BCUT2D eigenvalue weighted by molar-refractivity contribution is -0.120. The van der Waals surface area contributed by atoms with E-state index in [2.05, 4.69) is 0 Å². The molecule has 0 aliphatic rings. The molecule has 0 radical (unpaired) electrons. The maximum atomic E-state index is 11.4. The van der Waals surface area contributed by atoms with Gasteiger partial charge >= 0.3 is 0 Å². The van der Waals surface area contributed by atoms with Crippen molar-refractivity contribution in [3.05, 3.63) is 29.8 Å². The first-order chi connectivity index (χ1) is 7.17. The fourth-order valence-electron chi connectivity index (χ4n) is 1.11. The second-order valence-electron chi connectivity index (χ2n) is 3.03. The summed E-state index contributed by atoms with van der Waals surface area (Å²) in [6, 6.07) is 6.48. The number of hydrogen-bond acceptors (Lipinski definition) is 4. The number of methoxy groups -OCH3 is 1. The summed E-state index contributed by atoms with van der Waals surface area (Å²) in [5.41, 5.74) is 0.442. The zero-order valence-corrected chi connectivity index (χ0v) is 8.40. The zero-order valence-electron chi connectivity index (χ0n) is 8.40. The van der Waals surface area contributed by atoms with Crippen LogP contribution in [0.2, 0.25) is 0 Å². The van der Waals surface area contributed by atoms with Crippen LogP contribution in [-0.4, -0.2) is 30.4 Å². The van der Waals surface area contributed by atoms with Crippen LogP contribution < -0.4 is 4.74 Å². The van der Waals surface area contributed by atoms with Crippen molar-refractivity contribution in [3.8, 4) is 5.75 Å². The quantitative estimate of drug-likeness (QED) is 0.575. The van der Waals surface area contributed by atoms with E-state index in [1.54, 1.807) is 24.3 Å². The standard InChI is InChI=1S/C11H12O4/c1-15-10-4-2-8(3-5-10)11(14)6-9(13)7-12/h2-5,12H,6-7H2,1H3. The molecule has 0 spiro atoms. The van der Waals surface area contributed by atoms with Gasteiger partial charge in [-0.2, -0.15) is 0 Å². The summed E-state index contributed by atoms with van der Waals surface area (Å²) in [6.07, 6.45) is -0.261. The first kappa shape index (κ1) is 11.4. The molecule has 1 aromatic carbocycles. The average molecular weight is 208 g/mol. The molecule has 0 saturated heterocycles. The van der Waals surface area contributed by atoms with Gasteiger partial charge in [-0.1, -0.05) is 0 Å². The highest BCUT2D eigenvalue weighted by Crippen LogP contribution is 2.12. The Hall–Kier alpha value is -1.68. The van der Waals surface area contributed by atoms with E-state index >= 15 is 0 Å². The number of rotatable bonds is 5. The minimum Gasteiger partial charge on any atom is -0.497 e. The maximum absolute atomic E-state index is 11.4. The fraction of sp³-hybridized carbons (Fsp3) is 0.273. The number of ketones is 2. The van der Waals surface area contributed by atoms with Crippen LogP contribution in [0.5, 0.6) is 5.75 Å². The molecule has 4 heteroatoms. The van der Waals surface area contributed by atoms with Crippen LogP contribution in [0.1, 0.15) is 16.8 Å². The Balaban J connectivity index is 2.70. The molecule has 80 valence electrons. The van der Waals surface area contributed by atoms with E-state index < -0.39 is 12.4 Å². The summed E-state index contributed by atoms with van der Waals surface area (Å²) in [4.78, 5) is 22.3. The largest absolute Gasteiger partial charge is 0.497 e. The third-order valence-electron chi connectivity index (χ3n) is 1.95. The number of carbonyl (C=O) groups is 2. The van der Waals surface area contributed by atoms with Gasteiger partial charge in [0.1, 0.15) is 12.4 Å². The van der Waals surface area contributed by atoms with Gasteiger partial charge in [-0.05, 0) is 24.3 Å². The molecule has 0 amide bonds. The molecule has 1 N–H and O–H groups in total. The van der Waals surface area contributed by atoms with Crippen LogP contribution in [0.15, 0.2) is 24.3 Å². The summed E-state index contributed by atoms with van der Waals surface area (Å²) < 4.78 is 4.93. The lowest BCUT2D eigenvalue weighted by Gasteiger charge is -2.01. The Morgan fingerprint density at radius 3 is 2.33 bits per heavy atom. The van der Waals surface area contributed by atoms with Gasteiger partial charge in [0, 0.05) is 5.56 Å². The molecular weight excluding hydrogens is 196 g/mol. The predicted octanol–water partition coefficient (Wildman–Crippen LogP) is 0.829. The van der Waals surface area contributed by atoms with Gasteiger partial charge in [-0.3, -0.25) is 9.59 Å². The van der Waals surface area contributed by atoms with Gasteiger partial charge in [-0.25, -0.2) is 0 Å². The second kappa shape index (κ2) is 5.26. The van der Waals surface area contributed by atoms with Crippen molar-refractivity contribution in [1.82, 2.24) is 0 Å². The molecular formula is C11H12O4. The Labute approximate surface area is 87.5 Å². The number of benzene rings is 1. The van der Waals surface area contributed by atoms with Crippen molar-refractivity contribution in [2.75, 3.05) is 13.7 Å². The van der Waals surface area contributed by atoms with Crippen molar-refractivity contribution < 1.29 is 19.4 Å². The van der Waals surface area contributed by atoms with Crippen LogP contribution in [-0.2, 0) is 4.79 Å². The first-order valence-electron chi connectivity index (χ1n) is 4.47. The first-order valence-corrected chi connectivity index (χ1v) is 4.47. The maximum Gasteiger partial charge on any atom is 0.170 e. The molecule has 0 heterocycles. The van der Waals surface area contributed by atoms with Gasteiger partial charge < -0.3 is 9.84 Å². The van der Waals surface area contributed by atoms with E-state index in [0.29, 0.717) is 11.3 Å². The smallest absolute Gasteiger partial charge is 0.170 e. The summed E-state index contributed by atoms with van der Waals surface area (Å²) >= 11 is 0. The molecule has 1 rings (SSSR count). The summed E-state index contributed by atoms with van der Waals surface area (Å²) in [6.45, 7) is -0.595. The van der Waals surface area contributed by atoms with Gasteiger partial charge in [0.05, 0.1) is 13.5 Å². The van der Waals surface area contributed by atoms with Crippen molar-refractivity contribution >= 4 is 11.6 Å². The van der Waals surface area contributed by atoms with Gasteiger partial charge in [0.2, 0.25) is 0 Å². The van der Waals surface area contributed by atoms with Gasteiger partial charge in [-0.15, -0.1) is 0 Å². The number of aliphatic hydroxyl groups is 1.